The largest absolute Gasteiger partial charge is 0.486 e. The summed E-state index contributed by atoms with van der Waals surface area (Å²) in [5.74, 6) is 0.615. The molecular formula is C20H25N3O5S. The molecule has 0 atom stereocenters. The number of likely N-dealkylation sites (N-methyl/N-ethyl adjacent to an activating group) is 1. The first kappa shape index (κ1) is 20.9. The van der Waals surface area contributed by atoms with Crippen LogP contribution in [0.1, 0.15) is 0 Å². The normalized spacial score (nSPS) is 13.2. The van der Waals surface area contributed by atoms with Gasteiger partial charge in [-0.1, -0.05) is 18.2 Å². The Morgan fingerprint density at radius 3 is 2.41 bits per heavy atom. The fraction of sp³-hybridized carbons (Fsp3) is 0.350. The first-order valence-corrected chi connectivity index (χ1v) is 10.7. The third kappa shape index (κ3) is 5.18. The third-order valence-corrected chi connectivity index (χ3v) is 6.10. The summed E-state index contributed by atoms with van der Waals surface area (Å²) in [5.41, 5.74) is 0.334. The lowest BCUT2D eigenvalue weighted by Gasteiger charge is -2.26. The monoisotopic (exact) mass is 419 g/mol. The van der Waals surface area contributed by atoms with Gasteiger partial charge in [0.15, 0.2) is 11.5 Å². The molecule has 9 heteroatoms. The fourth-order valence-corrected chi connectivity index (χ4v) is 4.26. The summed E-state index contributed by atoms with van der Waals surface area (Å²) in [6, 6.07) is 12.9. The predicted molar refractivity (Wildman–Crippen MR) is 110 cm³/mol. The maximum Gasteiger partial charge on any atom is 0.264 e. The van der Waals surface area contributed by atoms with Gasteiger partial charge in [0.1, 0.15) is 19.8 Å². The number of fused-ring (bicyclic) bond motifs is 1. The minimum Gasteiger partial charge on any atom is -0.486 e. The predicted octanol–water partition coefficient (Wildman–Crippen LogP) is 1.33. The molecule has 1 heterocycles. The van der Waals surface area contributed by atoms with Gasteiger partial charge in [-0.25, -0.2) is 8.42 Å². The van der Waals surface area contributed by atoms with Crippen molar-refractivity contribution < 1.29 is 22.7 Å². The maximum atomic E-state index is 13.3. The number of hydrogen-bond acceptors (Lipinski definition) is 6. The molecule has 2 aromatic rings. The van der Waals surface area contributed by atoms with Crippen molar-refractivity contribution in [3.05, 3.63) is 48.5 Å². The average Bonchev–Trinajstić information content (AvgIpc) is 2.72. The van der Waals surface area contributed by atoms with Crippen molar-refractivity contribution in [2.75, 3.05) is 51.2 Å². The molecule has 29 heavy (non-hydrogen) atoms. The van der Waals surface area contributed by atoms with E-state index in [4.69, 9.17) is 9.47 Å². The molecular weight excluding hydrogens is 394 g/mol. The number of benzene rings is 2. The van der Waals surface area contributed by atoms with Gasteiger partial charge in [-0.05, 0) is 38.4 Å². The Kier molecular flexibility index (Phi) is 6.60. The van der Waals surface area contributed by atoms with E-state index >= 15 is 0 Å². The van der Waals surface area contributed by atoms with Crippen molar-refractivity contribution >= 4 is 21.6 Å². The highest BCUT2D eigenvalue weighted by Crippen LogP contribution is 2.35. The standard InChI is InChI=1S/C20H25N3O5S/c1-22(2)11-10-21-20(24)15-23(29(25,26)17-6-4-3-5-7-17)16-8-9-18-19(14-16)28-13-12-27-18/h3-9,14H,10-13,15H2,1-2H3,(H,21,24). The zero-order chi connectivity index (χ0) is 20.9. The highest BCUT2D eigenvalue weighted by Gasteiger charge is 2.28. The summed E-state index contributed by atoms with van der Waals surface area (Å²) in [4.78, 5) is 14.5. The number of amides is 1. The van der Waals surface area contributed by atoms with Crippen LogP contribution in [0.4, 0.5) is 5.69 Å². The average molecular weight is 420 g/mol. The van der Waals surface area contributed by atoms with Gasteiger partial charge >= 0.3 is 0 Å². The van der Waals surface area contributed by atoms with Crippen LogP contribution in [-0.4, -0.2) is 66.2 Å². The van der Waals surface area contributed by atoms with Crippen LogP contribution in [0, 0.1) is 0 Å². The van der Waals surface area contributed by atoms with Crippen molar-refractivity contribution in [2.45, 2.75) is 4.90 Å². The van der Waals surface area contributed by atoms with Gasteiger partial charge < -0.3 is 19.7 Å². The highest BCUT2D eigenvalue weighted by atomic mass is 32.2. The summed E-state index contributed by atoms with van der Waals surface area (Å²) in [6.07, 6.45) is 0. The number of anilines is 1. The Labute approximate surface area is 171 Å². The van der Waals surface area contributed by atoms with E-state index in [1.807, 2.05) is 19.0 Å². The van der Waals surface area contributed by atoms with Crippen LogP contribution in [0.5, 0.6) is 11.5 Å². The summed E-state index contributed by atoms with van der Waals surface area (Å²) >= 11 is 0. The number of carbonyl (C=O) groups excluding carboxylic acids is 1. The quantitative estimate of drug-likeness (QED) is 0.695. The van der Waals surface area contributed by atoms with Crippen LogP contribution < -0.4 is 19.1 Å². The van der Waals surface area contributed by atoms with E-state index in [0.29, 0.717) is 43.5 Å². The molecule has 0 aliphatic carbocycles. The smallest absolute Gasteiger partial charge is 0.264 e. The SMILES string of the molecule is CN(C)CCNC(=O)CN(c1ccc2c(c1)OCCO2)S(=O)(=O)c1ccccc1. The Morgan fingerprint density at radius 1 is 1.03 bits per heavy atom. The minimum atomic E-state index is -3.95. The Bertz CT molecular complexity index is 948. The van der Waals surface area contributed by atoms with E-state index in [-0.39, 0.29) is 17.3 Å². The minimum absolute atomic E-state index is 0.107. The van der Waals surface area contributed by atoms with Gasteiger partial charge in [-0.2, -0.15) is 0 Å². The molecule has 3 rings (SSSR count). The molecule has 0 saturated carbocycles. The van der Waals surface area contributed by atoms with Gasteiger partial charge in [-0.3, -0.25) is 9.10 Å². The van der Waals surface area contributed by atoms with Crippen molar-refractivity contribution in [2.24, 2.45) is 0 Å². The zero-order valence-electron chi connectivity index (χ0n) is 16.5. The third-order valence-electron chi connectivity index (χ3n) is 4.31. The van der Waals surface area contributed by atoms with Gasteiger partial charge in [-0.15, -0.1) is 0 Å². The van der Waals surface area contributed by atoms with Gasteiger partial charge in [0.25, 0.3) is 10.0 Å². The number of carbonyl (C=O) groups is 1. The van der Waals surface area contributed by atoms with Crippen LogP contribution in [0.2, 0.25) is 0 Å². The summed E-state index contributed by atoms with van der Waals surface area (Å²) in [6.45, 7) is 1.55. The second kappa shape index (κ2) is 9.15. The summed E-state index contributed by atoms with van der Waals surface area (Å²) in [7, 11) is -0.159. The Hall–Kier alpha value is -2.78. The molecule has 1 aliphatic heterocycles. The molecule has 0 radical (unpaired) electrons. The lowest BCUT2D eigenvalue weighted by molar-refractivity contribution is -0.119. The Morgan fingerprint density at radius 2 is 1.72 bits per heavy atom. The molecule has 1 amide bonds. The molecule has 0 bridgehead atoms. The summed E-state index contributed by atoms with van der Waals surface area (Å²) in [5, 5.41) is 2.76. The van der Waals surface area contributed by atoms with Crippen LogP contribution in [0.15, 0.2) is 53.4 Å². The first-order valence-electron chi connectivity index (χ1n) is 9.27. The van der Waals surface area contributed by atoms with E-state index in [9.17, 15) is 13.2 Å². The number of sulfonamides is 1. The summed E-state index contributed by atoms with van der Waals surface area (Å²) < 4.78 is 38.7. The van der Waals surface area contributed by atoms with E-state index in [1.54, 1.807) is 36.4 Å². The van der Waals surface area contributed by atoms with E-state index < -0.39 is 10.0 Å². The van der Waals surface area contributed by atoms with E-state index in [1.165, 1.54) is 12.1 Å². The van der Waals surface area contributed by atoms with Crippen LogP contribution >= 0.6 is 0 Å². The fourth-order valence-electron chi connectivity index (χ4n) is 2.83. The van der Waals surface area contributed by atoms with Crippen LogP contribution in [-0.2, 0) is 14.8 Å². The van der Waals surface area contributed by atoms with Gasteiger partial charge in [0.05, 0.1) is 10.6 Å². The molecule has 0 aromatic heterocycles. The highest BCUT2D eigenvalue weighted by molar-refractivity contribution is 7.92. The van der Waals surface area contributed by atoms with Crippen LogP contribution in [0.25, 0.3) is 0 Å². The lowest BCUT2D eigenvalue weighted by atomic mass is 10.2. The zero-order valence-corrected chi connectivity index (χ0v) is 17.3. The van der Waals surface area contributed by atoms with Crippen LogP contribution in [0.3, 0.4) is 0 Å². The molecule has 0 fully saturated rings. The number of nitrogens with one attached hydrogen (secondary N) is 1. The number of rotatable bonds is 8. The van der Waals surface area contributed by atoms with Crippen molar-refractivity contribution in [3.8, 4) is 11.5 Å². The molecule has 2 aromatic carbocycles. The molecule has 1 N–H and O–H groups in total. The molecule has 0 spiro atoms. The molecule has 1 aliphatic rings. The number of nitrogens with zero attached hydrogens (tertiary/aromatic N) is 2. The molecule has 0 unspecified atom stereocenters. The molecule has 156 valence electrons. The maximum absolute atomic E-state index is 13.3. The first-order chi connectivity index (χ1) is 13.9. The van der Waals surface area contributed by atoms with Crippen molar-refractivity contribution in [1.82, 2.24) is 10.2 Å². The number of ether oxygens (including phenoxy) is 2. The van der Waals surface area contributed by atoms with E-state index in [0.717, 1.165) is 4.31 Å². The second-order valence-electron chi connectivity index (χ2n) is 6.81. The van der Waals surface area contributed by atoms with Gasteiger partial charge in [0, 0.05) is 19.2 Å². The molecule has 0 saturated heterocycles. The van der Waals surface area contributed by atoms with Gasteiger partial charge in [0.2, 0.25) is 5.91 Å². The lowest BCUT2D eigenvalue weighted by Crippen LogP contribution is -2.42. The molecule has 8 nitrogen and oxygen atoms in total. The Balaban J connectivity index is 1.90. The second-order valence-corrected chi connectivity index (χ2v) is 8.67. The van der Waals surface area contributed by atoms with E-state index in [2.05, 4.69) is 5.32 Å². The topological polar surface area (TPSA) is 88.2 Å². The number of hydrogen-bond donors (Lipinski definition) is 1. The van der Waals surface area contributed by atoms with Crippen molar-refractivity contribution in [1.29, 1.82) is 0 Å². The van der Waals surface area contributed by atoms with Crippen molar-refractivity contribution in [3.63, 3.8) is 0 Å².